The molecule has 1 aromatic rings. The Balaban J connectivity index is 2.34. The Kier molecular flexibility index (Phi) is 1.22. The fourth-order valence-electron chi connectivity index (χ4n) is 1.25. The van der Waals surface area contributed by atoms with E-state index < -0.39 is 0 Å². The van der Waals surface area contributed by atoms with Gasteiger partial charge in [-0.05, 0) is 0 Å². The lowest BCUT2D eigenvalue weighted by Gasteiger charge is -2.03. The van der Waals surface area contributed by atoms with E-state index in [9.17, 15) is 0 Å². The minimum absolute atomic E-state index is 0.0671. The summed E-state index contributed by atoms with van der Waals surface area (Å²) in [4.78, 5) is 0. The molecule has 0 spiro atoms. The van der Waals surface area contributed by atoms with Crippen LogP contribution in [0, 0.1) is 0 Å². The van der Waals surface area contributed by atoms with Crippen LogP contribution in [-0.4, -0.2) is 21.9 Å². The van der Waals surface area contributed by atoms with Crippen molar-refractivity contribution in [3.8, 4) is 0 Å². The SMILES string of the molecule is OCC1NCc2cn[nH]c21. The molecule has 1 atom stereocenters. The molecule has 0 aromatic carbocycles. The Morgan fingerprint density at radius 1 is 1.80 bits per heavy atom. The van der Waals surface area contributed by atoms with Crippen molar-refractivity contribution in [3.63, 3.8) is 0 Å². The highest BCUT2D eigenvalue weighted by Gasteiger charge is 2.22. The number of aliphatic hydroxyl groups excluding tert-OH is 1. The molecule has 3 N–H and O–H groups in total. The summed E-state index contributed by atoms with van der Waals surface area (Å²) in [6.07, 6.45) is 1.79. The molecule has 1 unspecified atom stereocenters. The van der Waals surface area contributed by atoms with Crippen molar-refractivity contribution in [2.24, 2.45) is 0 Å². The Hall–Kier alpha value is -0.870. The molecular formula is C6H9N3O. The molecule has 1 aliphatic rings. The van der Waals surface area contributed by atoms with Gasteiger partial charge < -0.3 is 10.4 Å². The van der Waals surface area contributed by atoms with E-state index in [0.29, 0.717) is 0 Å². The monoisotopic (exact) mass is 139 g/mol. The Labute approximate surface area is 58.3 Å². The third kappa shape index (κ3) is 0.661. The molecule has 0 amide bonds. The highest BCUT2D eigenvalue weighted by molar-refractivity contribution is 5.24. The summed E-state index contributed by atoms with van der Waals surface area (Å²) in [6, 6.07) is 0.0671. The van der Waals surface area contributed by atoms with Gasteiger partial charge in [0.05, 0.1) is 24.5 Å². The molecule has 4 heteroatoms. The zero-order valence-electron chi connectivity index (χ0n) is 5.46. The molecule has 0 aliphatic carbocycles. The van der Waals surface area contributed by atoms with Crippen LogP contribution >= 0.6 is 0 Å². The van der Waals surface area contributed by atoms with Crippen LogP contribution in [0.3, 0.4) is 0 Å². The van der Waals surface area contributed by atoms with E-state index in [4.69, 9.17) is 5.11 Å². The molecule has 54 valence electrons. The average Bonchev–Trinajstić information content (AvgIpc) is 2.44. The first-order valence-electron chi connectivity index (χ1n) is 3.28. The summed E-state index contributed by atoms with van der Waals surface area (Å²) in [6.45, 7) is 0.951. The smallest absolute Gasteiger partial charge is 0.0730 e. The van der Waals surface area contributed by atoms with E-state index in [0.717, 1.165) is 12.2 Å². The number of hydrogen-bond acceptors (Lipinski definition) is 3. The van der Waals surface area contributed by atoms with Crippen LogP contribution in [0.25, 0.3) is 0 Å². The third-order valence-corrected chi connectivity index (χ3v) is 1.82. The molecule has 2 heterocycles. The second kappa shape index (κ2) is 2.07. The normalized spacial score (nSPS) is 23.1. The Morgan fingerprint density at radius 2 is 2.70 bits per heavy atom. The van der Waals surface area contributed by atoms with E-state index in [-0.39, 0.29) is 12.6 Å². The summed E-state index contributed by atoms with van der Waals surface area (Å²) in [5.41, 5.74) is 2.20. The summed E-state index contributed by atoms with van der Waals surface area (Å²) < 4.78 is 0. The van der Waals surface area contributed by atoms with Crippen LogP contribution in [0.4, 0.5) is 0 Å². The highest BCUT2D eigenvalue weighted by atomic mass is 16.3. The van der Waals surface area contributed by atoms with Gasteiger partial charge in [0.25, 0.3) is 0 Å². The van der Waals surface area contributed by atoms with Crippen molar-refractivity contribution in [2.75, 3.05) is 6.61 Å². The van der Waals surface area contributed by atoms with Crippen molar-refractivity contribution in [1.29, 1.82) is 0 Å². The number of nitrogens with zero attached hydrogens (tertiary/aromatic N) is 1. The maximum Gasteiger partial charge on any atom is 0.0730 e. The summed E-state index contributed by atoms with van der Waals surface area (Å²) >= 11 is 0. The minimum Gasteiger partial charge on any atom is -0.394 e. The fourth-order valence-corrected chi connectivity index (χ4v) is 1.25. The quantitative estimate of drug-likeness (QED) is 0.493. The Bertz CT molecular complexity index is 233. The van der Waals surface area contributed by atoms with Crippen LogP contribution in [-0.2, 0) is 6.54 Å². The first kappa shape index (κ1) is 5.88. The minimum atomic E-state index is 0.0671. The van der Waals surface area contributed by atoms with Gasteiger partial charge in [0.2, 0.25) is 0 Å². The van der Waals surface area contributed by atoms with Gasteiger partial charge in [-0.3, -0.25) is 5.10 Å². The molecule has 0 saturated heterocycles. The van der Waals surface area contributed by atoms with Gasteiger partial charge in [-0.15, -0.1) is 0 Å². The number of aromatic nitrogens is 2. The second-order valence-electron chi connectivity index (χ2n) is 2.42. The van der Waals surface area contributed by atoms with Crippen LogP contribution in [0.1, 0.15) is 17.3 Å². The number of hydrogen-bond donors (Lipinski definition) is 3. The van der Waals surface area contributed by atoms with Gasteiger partial charge in [0.1, 0.15) is 0 Å². The van der Waals surface area contributed by atoms with Crippen LogP contribution in [0.5, 0.6) is 0 Å². The predicted octanol–water partition coefficient (Wildman–Crippen LogP) is -0.454. The van der Waals surface area contributed by atoms with Gasteiger partial charge in [0.15, 0.2) is 0 Å². The molecule has 10 heavy (non-hydrogen) atoms. The first-order chi connectivity index (χ1) is 4.92. The summed E-state index contributed by atoms with van der Waals surface area (Å²) in [7, 11) is 0. The first-order valence-corrected chi connectivity index (χ1v) is 3.28. The van der Waals surface area contributed by atoms with Crippen molar-refractivity contribution < 1.29 is 5.11 Å². The van der Waals surface area contributed by atoms with Gasteiger partial charge in [-0.2, -0.15) is 5.10 Å². The number of H-pyrrole nitrogens is 1. The number of rotatable bonds is 1. The van der Waals surface area contributed by atoms with Crippen molar-refractivity contribution in [2.45, 2.75) is 12.6 Å². The fraction of sp³-hybridized carbons (Fsp3) is 0.500. The van der Waals surface area contributed by atoms with E-state index in [1.807, 2.05) is 0 Å². The number of aliphatic hydroxyl groups is 1. The number of fused-ring (bicyclic) bond motifs is 1. The standard InChI is InChI=1S/C6H9N3O/c10-3-5-6-4(1-7-5)2-8-9-6/h2,5,7,10H,1,3H2,(H,8,9). The summed E-state index contributed by atoms with van der Waals surface area (Å²) in [5.74, 6) is 0. The van der Waals surface area contributed by atoms with Crippen LogP contribution in [0.15, 0.2) is 6.20 Å². The summed E-state index contributed by atoms with van der Waals surface area (Å²) in [5, 5.41) is 18.7. The second-order valence-corrected chi connectivity index (χ2v) is 2.42. The molecule has 0 saturated carbocycles. The lowest BCUT2D eigenvalue weighted by molar-refractivity contribution is 0.249. The van der Waals surface area contributed by atoms with Crippen molar-refractivity contribution in [3.05, 3.63) is 17.5 Å². The number of aromatic amines is 1. The van der Waals surface area contributed by atoms with E-state index >= 15 is 0 Å². The van der Waals surface area contributed by atoms with Gasteiger partial charge >= 0.3 is 0 Å². The number of nitrogens with one attached hydrogen (secondary N) is 2. The molecule has 0 radical (unpaired) electrons. The molecule has 0 fully saturated rings. The zero-order valence-corrected chi connectivity index (χ0v) is 5.46. The molecule has 4 nitrogen and oxygen atoms in total. The van der Waals surface area contributed by atoms with Crippen molar-refractivity contribution in [1.82, 2.24) is 15.5 Å². The van der Waals surface area contributed by atoms with E-state index in [1.54, 1.807) is 6.20 Å². The van der Waals surface area contributed by atoms with Crippen LogP contribution < -0.4 is 5.32 Å². The maximum atomic E-state index is 8.82. The van der Waals surface area contributed by atoms with E-state index in [1.165, 1.54) is 5.56 Å². The highest BCUT2D eigenvalue weighted by Crippen LogP contribution is 2.20. The lowest BCUT2D eigenvalue weighted by atomic mass is 10.2. The molecule has 1 aromatic heterocycles. The largest absolute Gasteiger partial charge is 0.394 e. The third-order valence-electron chi connectivity index (χ3n) is 1.82. The predicted molar refractivity (Wildman–Crippen MR) is 35.3 cm³/mol. The lowest BCUT2D eigenvalue weighted by Crippen LogP contribution is -2.16. The molecular weight excluding hydrogens is 130 g/mol. The average molecular weight is 139 g/mol. The van der Waals surface area contributed by atoms with Gasteiger partial charge in [0, 0.05) is 12.1 Å². The van der Waals surface area contributed by atoms with Crippen molar-refractivity contribution >= 4 is 0 Å². The van der Waals surface area contributed by atoms with Gasteiger partial charge in [-0.25, -0.2) is 0 Å². The maximum absolute atomic E-state index is 8.82. The van der Waals surface area contributed by atoms with Gasteiger partial charge in [-0.1, -0.05) is 0 Å². The van der Waals surface area contributed by atoms with E-state index in [2.05, 4.69) is 15.5 Å². The topological polar surface area (TPSA) is 60.9 Å². The zero-order chi connectivity index (χ0) is 6.97. The molecule has 0 bridgehead atoms. The Morgan fingerprint density at radius 3 is 3.50 bits per heavy atom. The molecule has 2 rings (SSSR count). The van der Waals surface area contributed by atoms with Crippen LogP contribution in [0.2, 0.25) is 0 Å². The molecule has 1 aliphatic heterocycles.